The number of aliphatic hydroxyl groups is 13. The molecule has 4 rings (SSSR count). The lowest BCUT2D eigenvalue weighted by molar-refractivity contribution is -0.382. The van der Waals surface area contributed by atoms with Crippen molar-refractivity contribution in [1.29, 1.82) is 0 Å². The molecule has 4 saturated heterocycles. The second-order valence-electron chi connectivity index (χ2n) is 16.2. The largest absolute Gasteiger partial charge is 0.477 e. The van der Waals surface area contributed by atoms with Crippen molar-refractivity contribution in [2.45, 2.75) is 167 Å². The quantitative estimate of drug-likeness (QED) is 0.0571. The van der Waals surface area contributed by atoms with Gasteiger partial charge in [-0.2, -0.15) is 0 Å². The minimum Gasteiger partial charge on any atom is -0.477 e. The highest BCUT2D eigenvalue weighted by molar-refractivity contribution is 5.77. The van der Waals surface area contributed by atoms with Crippen molar-refractivity contribution >= 4 is 29.7 Å². The number of carboxylic acids is 2. The van der Waals surface area contributed by atoms with E-state index >= 15 is 0 Å². The van der Waals surface area contributed by atoms with Crippen LogP contribution in [0.25, 0.3) is 0 Å². The molecule has 4 aliphatic rings. The first-order chi connectivity index (χ1) is 30.8. The Balaban J connectivity index is 1.66. The molecule has 3 amide bonds. The number of ether oxygens (including phenoxy) is 7. The average Bonchev–Trinajstić information content (AvgIpc) is 3.24. The Labute approximate surface area is 373 Å². The van der Waals surface area contributed by atoms with Gasteiger partial charge in [0.1, 0.15) is 85.4 Å². The molecule has 380 valence electrons. The molecule has 18 N–H and O–H groups in total. The van der Waals surface area contributed by atoms with Gasteiger partial charge in [-0.1, -0.05) is 0 Å². The van der Waals surface area contributed by atoms with Gasteiger partial charge >= 0.3 is 11.9 Å². The molecule has 4 fully saturated rings. The average molecular weight is 966 g/mol. The number of carbonyl (C=O) groups is 5. The minimum absolute atomic E-state index is 0.790. The molecule has 0 saturated carbocycles. The van der Waals surface area contributed by atoms with Crippen LogP contribution in [-0.4, -0.2) is 267 Å². The molecule has 22 atom stereocenters. The molecule has 0 aromatic carbocycles. The van der Waals surface area contributed by atoms with Gasteiger partial charge in [-0.15, -0.1) is 0 Å². The zero-order valence-corrected chi connectivity index (χ0v) is 35.4. The van der Waals surface area contributed by atoms with E-state index in [4.69, 9.17) is 33.2 Å². The van der Waals surface area contributed by atoms with Gasteiger partial charge in [0.05, 0.1) is 50.7 Å². The molecule has 30 heteroatoms. The topological polar surface area (TPSA) is 490 Å². The molecule has 0 bridgehead atoms. The monoisotopic (exact) mass is 965 g/mol. The normalized spacial score (nSPS) is 41.4. The summed E-state index contributed by atoms with van der Waals surface area (Å²) < 4.78 is 39.1. The van der Waals surface area contributed by atoms with Crippen LogP contribution < -0.4 is 16.0 Å². The van der Waals surface area contributed by atoms with Crippen molar-refractivity contribution in [2.24, 2.45) is 0 Å². The lowest BCUT2D eigenvalue weighted by atomic mass is 9.88. The highest BCUT2D eigenvalue weighted by Crippen LogP contribution is 2.39. The predicted octanol–water partition coefficient (Wildman–Crippen LogP) is -10.9. The minimum atomic E-state index is -3.19. The Morgan fingerprint density at radius 3 is 1.50 bits per heavy atom. The van der Waals surface area contributed by atoms with E-state index in [0.717, 1.165) is 20.8 Å². The summed E-state index contributed by atoms with van der Waals surface area (Å²) in [5.41, 5.74) is 0. The summed E-state index contributed by atoms with van der Waals surface area (Å²) in [6, 6.07) is -5.07. The van der Waals surface area contributed by atoms with Gasteiger partial charge in [0, 0.05) is 33.6 Å². The van der Waals surface area contributed by atoms with Crippen LogP contribution in [0.15, 0.2) is 0 Å². The van der Waals surface area contributed by atoms with E-state index in [0.29, 0.717) is 0 Å². The lowest BCUT2D eigenvalue weighted by Gasteiger charge is -2.51. The first-order valence-corrected chi connectivity index (χ1v) is 20.3. The van der Waals surface area contributed by atoms with Gasteiger partial charge in [-0.3, -0.25) is 14.4 Å². The molecule has 0 aromatic rings. The number of aliphatic hydroxyl groups excluding tert-OH is 13. The van der Waals surface area contributed by atoms with Crippen LogP contribution in [0, 0.1) is 0 Å². The second kappa shape index (κ2) is 22.8. The summed E-state index contributed by atoms with van der Waals surface area (Å²) in [7, 11) is 0. The predicted molar refractivity (Wildman–Crippen MR) is 203 cm³/mol. The van der Waals surface area contributed by atoms with E-state index < -0.39 is 203 Å². The van der Waals surface area contributed by atoms with Crippen LogP contribution in [0.1, 0.15) is 33.6 Å². The maximum Gasteiger partial charge on any atom is 0.364 e. The second-order valence-corrected chi connectivity index (χ2v) is 16.2. The standard InChI is InChI=1S/C36H59N3O27/c1-10(43)37-19-13(46)4-35(33(56)57,64-28(19)22(50)15(48)6-40)60-9-18-25(53)27(21(31(55)61-18)39-12(3)45)63-32-26(54)30(24(52)17(8-42)62-32)66-36(34(58)59)5-14(47)20(38-11(2)44)29(65-36)23(51)16(49)7-41/h13-32,40-42,46-55H,4-9H2,1-3H3,(H,37,43)(H,38,44)(H,39,45)(H,56,57)(H,58,59)/t13-,14-,15+,16+,17+,18+,19+,20+,21+,22+,23+,24-,25-,26+,27+,28+,29+,30-,31-,32-,35+,36-/m0/s1. The van der Waals surface area contributed by atoms with E-state index in [9.17, 15) is 101 Å². The van der Waals surface area contributed by atoms with Gasteiger partial charge in [0.15, 0.2) is 12.6 Å². The third kappa shape index (κ3) is 12.0. The summed E-state index contributed by atoms with van der Waals surface area (Å²) in [6.45, 7) is -1.53. The summed E-state index contributed by atoms with van der Waals surface area (Å²) >= 11 is 0. The van der Waals surface area contributed by atoms with E-state index in [1.54, 1.807) is 0 Å². The van der Waals surface area contributed by atoms with Gasteiger partial charge in [0.2, 0.25) is 17.7 Å². The molecule has 66 heavy (non-hydrogen) atoms. The van der Waals surface area contributed by atoms with Crippen molar-refractivity contribution in [3.8, 4) is 0 Å². The maximum atomic E-state index is 12.9. The number of amides is 3. The Kier molecular flexibility index (Phi) is 19.0. The van der Waals surface area contributed by atoms with E-state index in [1.807, 2.05) is 0 Å². The number of carboxylic acid groups (broad SMARTS) is 2. The highest BCUT2D eigenvalue weighted by Gasteiger charge is 2.61. The van der Waals surface area contributed by atoms with Gasteiger partial charge in [0.25, 0.3) is 11.6 Å². The third-order valence-electron chi connectivity index (χ3n) is 11.4. The molecule has 0 aliphatic carbocycles. The Hall–Kier alpha value is -3.45. The third-order valence-corrected chi connectivity index (χ3v) is 11.4. The molecule has 4 aliphatic heterocycles. The first kappa shape index (κ1) is 55.1. The number of aliphatic carboxylic acids is 2. The van der Waals surface area contributed by atoms with Crippen molar-refractivity contribution in [3.63, 3.8) is 0 Å². The summed E-state index contributed by atoms with van der Waals surface area (Å²) in [5, 5.41) is 166. The number of hydrogen-bond donors (Lipinski definition) is 18. The summed E-state index contributed by atoms with van der Waals surface area (Å²) in [4.78, 5) is 61.8. The number of hydrogen-bond acceptors (Lipinski definition) is 25. The van der Waals surface area contributed by atoms with Crippen LogP contribution in [0.4, 0.5) is 0 Å². The lowest BCUT2D eigenvalue weighted by Crippen LogP contribution is -2.71. The molecule has 4 heterocycles. The summed E-state index contributed by atoms with van der Waals surface area (Å²) in [6.07, 6.45) is -38.0. The Morgan fingerprint density at radius 1 is 0.621 bits per heavy atom. The van der Waals surface area contributed by atoms with Crippen LogP contribution >= 0.6 is 0 Å². The molecule has 0 aromatic heterocycles. The van der Waals surface area contributed by atoms with Crippen LogP contribution in [0.2, 0.25) is 0 Å². The summed E-state index contributed by atoms with van der Waals surface area (Å²) in [5.74, 6) is -12.7. The Bertz CT molecular complexity index is 1680. The first-order valence-electron chi connectivity index (χ1n) is 20.3. The van der Waals surface area contributed by atoms with Crippen LogP contribution in [0.5, 0.6) is 0 Å². The zero-order chi connectivity index (χ0) is 49.7. The number of carbonyl (C=O) groups excluding carboxylic acids is 3. The number of nitrogens with one attached hydrogen (secondary N) is 3. The fourth-order valence-corrected chi connectivity index (χ4v) is 8.04. The van der Waals surface area contributed by atoms with Crippen molar-refractivity contribution in [2.75, 3.05) is 26.4 Å². The zero-order valence-electron chi connectivity index (χ0n) is 35.4. The maximum absolute atomic E-state index is 12.9. The highest BCUT2D eigenvalue weighted by atomic mass is 16.8. The van der Waals surface area contributed by atoms with Crippen molar-refractivity contribution in [1.82, 2.24) is 16.0 Å². The van der Waals surface area contributed by atoms with E-state index in [-0.39, 0.29) is 0 Å². The fraction of sp³-hybridized carbons (Fsp3) is 0.861. The van der Waals surface area contributed by atoms with Gasteiger partial charge in [-0.25, -0.2) is 9.59 Å². The SMILES string of the molecule is CC(=O)N[C@@H]1[C@@H](O[C@@H]2O[C@H](CO)[C@H](O)[C@H](O[C@]3(C(=O)O)C[C@H](O)[C@@H](NC(C)=O)[C@H]([C@H](O)[C@H](O)CO)O3)[C@H]2O)[C@@H](O)[C@@H](CO[C@]2(C(=O)O)C[C@H](O)[C@@H](NC(C)=O)[C@H]([C@H](O)[C@H](O)CO)O2)O[C@@H]1O. The van der Waals surface area contributed by atoms with E-state index in [1.165, 1.54) is 0 Å². The van der Waals surface area contributed by atoms with Gasteiger partial charge < -0.3 is 126 Å². The smallest absolute Gasteiger partial charge is 0.364 e. The van der Waals surface area contributed by atoms with Crippen molar-refractivity contribution in [3.05, 3.63) is 0 Å². The molecule has 30 nitrogen and oxygen atoms in total. The molecular formula is C36H59N3O27. The van der Waals surface area contributed by atoms with Gasteiger partial charge in [-0.05, 0) is 0 Å². The molecule has 0 unspecified atom stereocenters. The number of rotatable bonds is 19. The molecule has 0 radical (unpaired) electrons. The van der Waals surface area contributed by atoms with E-state index in [2.05, 4.69) is 16.0 Å². The molecule has 0 spiro atoms. The molecular weight excluding hydrogens is 906 g/mol. The van der Waals surface area contributed by atoms with Crippen molar-refractivity contribution < 1.29 is 134 Å². The van der Waals surface area contributed by atoms with Crippen LogP contribution in [0.3, 0.4) is 0 Å². The Morgan fingerprint density at radius 2 is 1.06 bits per heavy atom. The fourth-order valence-electron chi connectivity index (χ4n) is 8.04. The van der Waals surface area contributed by atoms with Crippen LogP contribution in [-0.2, 0) is 57.1 Å².